The van der Waals surface area contributed by atoms with Crippen molar-refractivity contribution < 1.29 is 17.9 Å². The van der Waals surface area contributed by atoms with Crippen LogP contribution in [0.3, 0.4) is 0 Å². The van der Waals surface area contributed by atoms with Crippen LogP contribution < -0.4 is 10.2 Å². The Bertz CT molecular complexity index is 1030. The number of benzene rings is 2. The van der Waals surface area contributed by atoms with Crippen molar-refractivity contribution in [3.8, 4) is 0 Å². The average Bonchev–Trinajstić information content (AvgIpc) is 2.84. The molecule has 2 aromatic rings. The van der Waals surface area contributed by atoms with E-state index in [0.29, 0.717) is 31.1 Å². The Kier molecular flexibility index (Phi) is 7.13. The van der Waals surface area contributed by atoms with Crippen LogP contribution in [0, 0.1) is 5.92 Å². The number of rotatable bonds is 6. The number of hydrogen-bond donors (Lipinski definition) is 1. The highest BCUT2D eigenvalue weighted by molar-refractivity contribution is 7.89. The van der Waals surface area contributed by atoms with Gasteiger partial charge in [0.25, 0.3) is 5.91 Å². The van der Waals surface area contributed by atoms with Crippen LogP contribution in [0.5, 0.6) is 0 Å². The molecule has 2 heterocycles. The minimum Gasteiger partial charge on any atom is -0.378 e. The molecule has 2 aromatic carbocycles. The van der Waals surface area contributed by atoms with Crippen LogP contribution in [0.4, 0.5) is 5.69 Å². The van der Waals surface area contributed by atoms with E-state index in [1.165, 1.54) is 10.4 Å². The van der Waals surface area contributed by atoms with E-state index in [2.05, 4.69) is 29.3 Å². The molecule has 0 spiro atoms. The zero-order valence-electron chi connectivity index (χ0n) is 18.5. The summed E-state index contributed by atoms with van der Waals surface area (Å²) in [6.45, 7) is 6.82. The fourth-order valence-electron chi connectivity index (χ4n) is 4.10. The molecule has 1 amide bonds. The van der Waals surface area contributed by atoms with Crippen molar-refractivity contribution >= 4 is 21.6 Å². The number of carbonyl (C=O) groups is 1. The summed E-state index contributed by atoms with van der Waals surface area (Å²) in [6, 6.07) is 14.4. The van der Waals surface area contributed by atoms with E-state index in [-0.39, 0.29) is 10.8 Å². The lowest BCUT2D eigenvalue weighted by Crippen LogP contribution is -2.38. The Labute approximate surface area is 190 Å². The number of anilines is 1. The van der Waals surface area contributed by atoms with Crippen LogP contribution in [0.1, 0.15) is 35.7 Å². The first-order valence-corrected chi connectivity index (χ1v) is 12.7. The zero-order chi connectivity index (χ0) is 22.6. The lowest BCUT2D eigenvalue weighted by molar-refractivity contribution is 0.0950. The number of hydrogen-bond acceptors (Lipinski definition) is 5. The van der Waals surface area contributed by atoms with Crippen LogP contribution in [-0.4, -0.2) is 58.0 Å². The van der Waals surface area contributed by atoms with E-state index >= 15 is 0 Å². The number of piperidine rings is 1. The van der Waals surface area contributed by atoms with E-state index in [1.54, 1.807) is 18.2 Å². The number of amides is 1. The summed E-state index contributed by atoms with van der Waals surface area (Å²) < 4.78 is 32.9. The summed E-state index contributed by atoms with van der Waals surface area (Å²) in [5.74, 6) is 0.257. The zero-order valence-corrected chi connectivity index (χ0v) is 19.3. The molecule has 172 valence electrons. The topological polar surface area (TPSA) is 79.0 Å². The smallest absolute Gasteiger partial charge is 0.251 e. The summed E-state index contributed by atoms with van der Waals surface area (Å²) in [5.41, 5.74) is 2.48. The summed E-state index contributed by atoms with van der Waals surface area (Å²) in [6.07, 6.45) is 1.73. The van der Waals surface area contributed by atoms with Crippen LogP contribution in [0.2, 0.25) is 0 Å². The molecular weight excluding hydrogens is 426 g/mol. The van der Waals surface area contributed by atoms with Gasteiger partial charge < -0.3 is 15.0 Å². The van der Waals surface area contributed by atoms with Gasteiger partial charge in [-0.2, -0.15) is 4.31 Å². The van der Waals surface area contributed by atoms with Gasteiger partial charge in [0.15, 0.2) is 0 Å². The quantitative estimate of drug-likeness (QED) is 0.722. The lowest BCUT2D eigenvalue weighted by atomic mass is 10.0. The lowest BCUT2D eigenvalue weighted by Gasteiger charge is -2.29. The van der Waals surface area contributed by atoms with Gasteiger partial charge in [-0.05, 0) is 54.7 Å². The van der Waals surface area contributed by atoms with Crippen molar-refractivity contribution in [1.82, 2.24) is 9.62 Å². The van der Waals surface area contributed by atoms with Gasteiger partial charge in [0, 0.05) is 44.0 Å². The molecule has 7 nitrogen and oxygen atoms in total. The van der Waals surface area contributed by atoms with Crippen LogP contribution in [0.15, 0.2) is 53.4 Å². The van der Waals surface area contributed by atoms with Gasteiger partial charge in [0.2, 0.25) is 10.0 Å². The van der Waals surface area contributed by atoms with Gasteiger partial charge >= 0.3 is 0 Å². The highest BCUT2D eigenvalue weighted by Crippen LogP contribution is 2.24. The standard InChI is InChI=1S/C24H31N3O4S/c1-19-9-11-27(12-10-19)32(29,30)23-4-2-3-21(17-23)24(28)25-18-20-5-7-22(8-6-20)26-13-15-31-16-14-26/h2-8,17,19H,9-16,18H2,1H3,(H,25,28). The van der Waals surface area contributed by atoms with Gasteiger partial charge in [-0.25, -0.2) is 8.42 Å². The minimum absolute atomic E-state index is 0.176. The molecule has 0 unspecified atom stereocenters. The largest absolute Gasteiger partial charge is 0.378 e. The Morgan fingerprint density at radius 3 is 2.41 bits per heavy atom. The number of morpholine rings is 1. The molecule has 4 rings (SSSR count). The normalized spacial score (nSPS) is 18.5. The molecule has 32 heavy (non-hydrogen) atoms. The van der Waals surface area contributed by atoms with E-state index in [9.17, 15) is 13.2 Å². The number of nitrogens with one attached hydrogen (secondary N) is 1. The molecule has 0 radical (unpaired) electrons. The van der Waals surface area contributed by atoms with Crippen LogP contribution in [-0.2, 0) is 21.3 Å². The molecule has 0 atom stereocenters. The van der Waals surface area contributed by atoms with Crippen molar-refractivity contribution in [2.24, 2.45) is 5.92 Å². The molecule has 2 fully saturated rings. The fourth-order valence-corrected chi connectivity index (χ4v) is 5.62. The number of ether oxygens (including phenoxy) is 1. The first kappa shape index (κ1) is 22.8. The van der Waals surface area contributed by atoms with Gasteiger partial charge in [0.05, 0.1) is 18.1 Å². The highest BCUT2D eigenvalue weighted by Gasteiger charge is 2.28. The Balaban J connectivity index is 1.37. The second-order valence-electron chi connectivity index (χ2n) is 8.56. The van der Waals surface area contributed by atoms with Crippen LogP contribution in [0.25, 0.3) is 0 Å². The molecule has 0 saturated carbocycles. The fraction of sp³-hybridized carbons (Fsp3) is 0.458. The third kappa shape index (κ3) is 5.31. The van der Waals surface area contributed by atoms with E-state index in [4.69, 9.17) is 4.74 Å². The van der Waals surface area contributed by atoms with Gasteiger partial charge in [-0.15, -0.1) is 0 Å². The third-order valence-electron chi connectivity index (χ3n) is 6.24. The summed E-state index contributed by atoms with van der Waals surface area (Å²) >= 11 is 0. The molecule has 0 aromatic heterocycles. The van der Waals surface area contributed by atoms with E-state index in [1.807, 2.05) is 12.1 Å². The van der Waals surface area contributed by atoms with Crippen molar-refractivity contribution in [3.05, 3.63) is 59.7 Å². The predicted octanol–water partition coefficient (Wildman–Crippen LogP) is 2.87. The van der Waals surface area contributed by atoms with Crippen LogP contribution >= 0.6 is 0 Å². The average molecular weight is 458 g/mol. The molecule has 8 heteroatoms. The molecule has 0 aliphatic carbocycles. The Morgan fingerprint density at radius 2 is 1.72 bits per heavy atom. The van der Waals surface area contributed by atoms with Gasteiger partial charge in [0.1, 0.15) is 0 Å². The van der Waals surface area contributed by atoms with Gasteiger partial charge in [-0.3, -0.25) is 4.79 Å². The number of carbonyl (C=O) groups excluding carboxylic acids is 1. The summed E-state index contributed by atoms with van der Waals surface area (Å²) in [7, 11) is -3.58. The molecule has 0 bridgehead atoms. The maximum Gasteiger partial charge on any atom is 0.251 e. The SMILES string of the molecule is CC1CCN(S(=O)(=O)c2cccc(C(=O)NCc3ccc(N4CCOCC4)cc3)c2)CC1. The second kappa shape index (κ2) is 10.0. The van der Waals surface area contributed by atoms with Crippen molar-refractivity contribution in [2.45, 2.75) is 31.2 Å². The van der Waals surface area contributed by atoms with Crippen molar-refractivity contribution in [3.63, 3.8) is 0 Å². The Hall–Kier alpha value is -2.42. The highest BCUT2D eigenvalue weighted by atomic mass is 32.2. The van der Waals surface area contributed by atoms with Crippen molar-refractivity contribution in [1.29, 1.82) is 0 Å². The van der Waals surface area contributed by atoms with Crippen molar-refractivity contribution in [2.75, 3.05) is 44.3 Å². The number of sulfonamides is 1. The molecule has 2 aliphatic rings. The first-order valence-electron chi connectivity index (χ1n) is 11.2. The maximum absolute atomic E-state index is 13.0. The number of nitrogens with zero attached hydrogens (tertiary/aromatic N) is 2. The minimum atomic E-state index is -3.58. The second-order valence-corrected chi connectivity index (χ2v) is 10.5. The summed E-state index contributed by atoms with van der Waals surface area (Å²) in [5, 5.41) is 2.90. The molecule has 2 aliphatic heterocycles. The summed E-state index contributed by atoms with van der Waals surface area (Å²) in [4.78, 5) is 15.1. The van der Waals surface area contributed by atoms with E-state index in [0.717, 1.165) is 50.4 Å². The molecule has 2 saturated heterocycles. The maximum atomic E-state index is 13.0. The predicted molar refractivity (Wildman–Crippen MR) is 124 cm³/mol. The van der Waals surface area contributed by atoms with E-state index < -0.39 is 10.0 Å². The Morgan fingerprint density at radius 1 is 1.03 bits per heavy atom. The molecule has 1 N–H and O–H groups in total. The molecular formula is C24H31N3O4S. The van der Waals surface area contributed by atoms with Gasteiger partial charge in [-0.1, -0.05) is 25.1 Å². The first-order chi connectivity index (χ1) is 15.4. The third-order valence-corrected chi connectivity index (χ3v) is 8.14. The monoisotopic (exact) mass is 457 g/mol.